The van der Waals surface area contributed by atoms with Gasteiger partial charge in [0, 0.05) is 12.1 Å². The highest BCUT2D eigenvalue weighted by Gasteiger charge is 2.34. The zero-order valence-electron chi connectivity index (χ0n) is 19.0. The van der Waals surface area contributed by atoms with Gasteiger partial charge in [-0.3, -0.25) is 14.2 Å². The molecule has 0 fully saturated rings. The first-order valence-corrected chi connectivity index (χ1v) is 11.2. The monoisotopic (exact) mass is 486 g/mol. The maximum absolute atomic E-state index is 13.9. The van der Waals surface area contributed by atoms with Crippen LogP contribution in [-0.4, -0.2) is 37.1 Å². The molecule has 0 saturated heterocycles. The molecule has 0 radical (unpaired) electrons. The van der Waals surface area contributed by atoms with Crippen molar-refractivity contribution in [3.8, 4) is 10.8 Å². The average molecular weight is 487 g/mol. The minimum Gasteiger partial charge on any atom is -0.496 e. The molecule has 12 heteroatoms. The molecule has 1 aromatic carbocycles. The van der Waals surface area contributed by atoms with Gasteiger partial charge >= 0.3 is 5.69 Å². The van der Waals surface area contributed by atoms with Crippen LogP contribution in [0.4, 0.5) is 4.39 Å². The van der Waals surface area contributed by atoms with Gasteiger partial charge in [0.25, 0.3) is 5.56 Å². The lowest BCUT2D eigenvalue weighted by Crippen LogP contribution is -2.54. The van der Waals surface area contributed by atoms with E-state index in [1.807, 2.05) is 0 Å². The number of nitrogens with zero attached hydrogens (tertiary/aromatic N) is 5. The second-order valence-corrected chi connectivity index (χ2v) is 9.21. The Morgan fingerprint density at radius 3 is 2.53 bits per heavy atom. The second kappa shape index (κ2) is 8.52. The molecule has 0 unspecified atom stereocenters. The Hall–Kier alpha value is -3.80. The van der Waals surface area contributed by atoms with Gasteiger partial charge in [0.1, 0.15) is 26.9 Å². The molecule has 4 rings (SSSR count). The van der Waals surface area contributed by atoms with Gasteiger partial charge in [0.2, 0.25) is 5.91 Å². The summed E-state index contributed by atoms with van der Waals surface area (Å²) in [5.74, 6) is -0.793. The quantitative estimate of drug-likeness (QED) is 0.424. The molecule has 0 aliphatic carbocycles. The molecule has 0 aliphatic rings. The number of ether oxygens (including phenoxy) is 1. The van der Waals surface area contributed by atoms with Crippen molar-refractivity contribution in [3.63, 3.8) is 0 Å². The first-order valence-electron chi connectivity index (χ1n) is 10.4. The number of thiophene rings is 1. The first-order chi connectivity index (χ1) is 16.1. The van der Waals surface area contributed by atoms with E-state index in [-0.39, 0.29) is 18.4 Å². The summed E-state index contributed by atoms with van der Waals surface area (Å²) in [6.07, 6.45) is 3.24. The number of hydrogen-bond donors (Lipinski definition) is 1. The Morgan fingerprint density at radius 1 is 1.24 bits per heavy atom. The maximum Gasteiger partial charge on any atom is 0.333 e. The van der Waals surface area contributed by atoms with E-state index in [0.29, 0.717) is 26.7 Å². The number of halogens is 1. The number of aromatic nitrogens is 5. The number of primary amides is 1. The predicted octanol–water partition coefficient (Wildman–Crippen LogP) is 1.72. The number of hydrogen-bond acceptors (Lipinski definition) is 7. The van der Waals surface area contributed by atoms with Crippen LogP contribution in [0.25, 0.3) is 15.2 Å². The SMILES string of the molecule is COc1ccc(F)cc1CCn1c(=O)n(C(C)(C)C(N)=O)c(=O)c2c(C)c(-n3nccn3)sc21. The normalized spacial score (nSPS) is 11.8. The molecule has 3 aromatic heterocycles. The number of nitrogens with two attached hydrogens (primary N) is 1. The molecule has 1 amide bonds. The Bertz CT molecular complexity index is 1520. The Kier molecular flexibility index (Phi) is 5.86. The van der Waals surface area contributed by atoms with E-state index < -0.39 is 28.5 Å². The van der Waals surface area contributed by atoms with E-state index in [1.54, 1.807) is 6.92 Å². The van der Waals surface area contributed by atoms with Gasteiger partial charge < -0.3 is 10.5 Å². The fourth-order valence-electron chi connectivity index (χ4n) is 3.82. The molecule has 2 N–H and O–H groups in total. The number of amides is 1. The Labute approximate surface area is 197 Å². The fraction of sp³-hybridized carbons (Fsp3) is 0.318. The number of methoxy groups -OCH3 is 1. The third-order valence-electron chi connectivity index (χ3n) is 5.80. The van der Waals surface area contributed by atoms with Crippen molar-refractivity contribution in [1.82, 2.24) is 24.1 Å². The van der Waals surface area contributed by atoms with Crippen LogP contribution in [0.1, 0.15) is 25.0 Å². The van der Waals surface area contributed by atoms with Crippen LogP contribution in [0, 0.1) is 12.7 Å². The van der Waals surface area contributed by atoms with Crippen molar-refractivity contribution < 1.29 is 13.9 Å². The number of fused-ring (bicyclic) bond motifs is 1. The standard InChI is InChI=1S/C22H23FN6O4S/c1-12-16-17(30)28(22(2,3)20(24)31)21(32)27(19(16)34-18(12)29-25-8-9-26-29)10-7-13-11-14(23)5-6-15(13)33-4/h5-6,8-9,11H,7,10H2,1-4H3,(H2,24,31). The zero-order chi connectivity index (χ0) is 24.8. The fourth-order valence-corrected chi connectivity index (χ4v) is 5.06. The third-order valence-corrected chi connectivity index (χ3v) is 7.08. The summed E-state index contributed by atoms with van der Waals surface area (Å²) < 4.78 is 21.5. The molecule has 3 heterocycles. The number of rotatable bonds is 7. The second-order valence-electron chi connectivity index (χ2n) is 8.24. The van der Waals surface area contributed by atoms with Crippen molar-refractivity contribution in [1.29, 1.82) is 0 Å². The van der Waals surface area contributed by atoms with Crippen LogP contribution in [0.3, 0.4) is 0 Å². The van der Waals surface area contributed by atoms with Gasteiger partial charge in [-0.15, -0.1) is 4.80 Å². The number of aryl methyl sites for hydroxylation is 3. The summed E-state index contributed by atoms with van der Waals surface area (Å²) in [5.41, 5.74) is 3.75. The van der Waals surface area contributed by atoms with Crippen LogP contribution in [0.15, 0.2) is 40.2 Å². The minimum absolute atomic E-state index is 0.0935. The first kappa shape index (κ1) is 23.4. The maximum atomic E-state index is 13.9. The predicted molar refractivity (Wildman–Crippen MR) is 125 cm³/mol. The summed E-state index contributed by atoms with van der Waals surface area (Å²) in [6, 6.07) is 4.13. The van der Waals surface area contributed by atoms with Crippen LogP contribution < -0.4 is 21.7 Å². The summed E-state index contributed by atoms with van der Waals surface area (Å²) in [6.45, 7) is 4.66. The third kappa shape index (κ3) is 3.69. The van der Waals surface area contributed by atoms with E-state index in [0.717, 1.165) is 4.57 Å². The van der Waals surface area contributed by atoms with Crippen LogP contribution in [0.5, 0.6) is 5.75 Å². The van der Waals surface area contributed by atoms with Crippen molar-refractivity contribution in [2.24, 2.45) is 5.73 Å². The number of carbonyl (C=O) groups excluding carboxylic acids is 1. The van der Waals surface area contributed by atoms with E-state index in [9.17, 15) is 18.8 Å². The van der Waals surface area contributed by atoms with E-state index in [4.69, 9.17) is 10.5 Å². The lowest BCUT2D eigenvalue weighted by molar-refractivity contribution is -0.125. The van der Waals surface area contributed by atoms with E-state index in [1.165, 1.54) is 72.3 Å². The molecule has 4 aromatic rings. The van der Waals surface area contributed by atoms with Crippen molar-refractivity contribution in [3.05, 3.63) is 68.4 Å². The van der Waals surface area contributed by atoms with E-state index >= 15 is 0 Å². The van der Waals surface area contributed by atoms with Gasteiger partial charge in [-0.1, -0.05) is 11.3 Å². The summed E-state index contributed by atoms with van der Waals surface area (Å²) >= 11 is 1.18. The molecule has 0 aliphatic heterocycles. The lowest BCUT2D eigenvalue weighted by Gasteiger charge is -2.24. The molecular formula is C22H23FN6O4S. The lowest BCUT2D eigenvalue weighted by atomic mass is 10.0. The Balaban J connectivity index is 1.99. The largest absolute Gasteiger partial charge is 0.496 e. The van der Waals surface area contributed by atoms with Crippen molar-refractivity contribution in [2.45, 2.75) is 39.3 Å². The van der Waals surface area contributed by atoms with Crippen molar-refractivity contribution >= 4 is 27.5 Å². The summed E-state index contributed by atoms with van der Waals surface area (Å²) in [5, 5.41) is 9.09. The van der Waals surface area contributed by atoms with Gasteiger partial charge in [-0.2, -0.15) is 10.2 Å². The van der Waals surface area contributed by atoms with Gasteiger partial charge in [0.15, 0.2) is 0 Å². The Morgan fingerprint density at radius 2 is 1.91 bits per heavy atom. The highest BCUT2D eigenvalue weighted by molar-refractivity contribution is 7.21. The van der Waals surface area contributed by atoms with Crippen LogP contribution in [0.2, 0.25) is 0 Å². The molecular weight excluding hydrogens is 463 g/mol. The summed E-state index contributed by atoms with van der Waals surface area (Å²) in [4.78, 5) is 41.0. The van der Waals surface area contributed by atoms with Gasteiger partial charge in [0.05, 0.1) is 24.9 Å². The number of carbonyl (C=O) groups is 1. The zero-order valence-corrected chi connectivity index (χ0v) is 19.9. The molecule has 0 saturated carbocycles. The van der Waals surface area contributed by atoms with Crippen molar-refractivity contribution in [2.75, 3.05) is 7.11 Å². The topological polar surface area (TPSA) is 127 Å². The molecule has 10 nitrogen and oxygen atoms in total. The highest BCUT2D eigenvalue weighted by atomic mass is 32.1. The molecule has 0 bridgehead atoms. The summed E-state index contributed by atoms with van der Waals surface area (Å²) in [7, 11) is 1.47. The smallest absolute Gasteiger partial charge is 0.333 e. The number of benzene rings is 1. The molecule has 0 spiro atoms. The van der Waals surface area contributed by atoms with Gasteiger partial charge in [-0.05, 0) is 51.0 Å². The van der Waals surface area contributed by atoms with Gasteiger partial charge in [-0.25, -0.2) is 13.8 Å². The molecule has 0 atom stereocenters. The van der Waals surface area contributed by atoms with Crippen LogP contribution in [-0.2, 0) is 23.3 Å². The minimum atomic E-state index is -1.58. The molecule has 34 heavy (non-hydrogen) atoms. The molecule has 178 valence electrons. The average Bonchev–Trinajstić information content (AvgIpc) is 3.41. The van der Waals surface area contributed by atoms with Crippen LogP contribution >= 0.6 is 11.3 Å². The van der Waals surface area contributed by atoms with E-state index in [2.05, 4.69) is 10.2 Å². The highest BCUT2D eigenvalue weighted by Crippen LogP contribution is 2.31.